The molecule has 0 amide bonds. The van der Waals surface area contributed by atoms with Gasteiger partial charge >= 0.3 is 5.97 Å². The zero-order chi connectivity index (χ0) is 18.4. The first-order valence-corrected chi connectivity index (χ1v) is 8.56. The lowest BCUT2D eigenvalue weighted by molar-refractivity contribution is -0.648. The van der Waals surface area contributed by atoms with Crippen molar-refractivity contribution in [3.8, 4) is 0 Å². The normalized spacial score (nSPS) is 8.86. The third kappa shape index (κ3) is 96.2. The minimum absolute atomic E-state index is 0.359. The first kappa shape index (κ1) is 29.1. The minimum atomic E-state index is -5.17. The predicted molar refractivity (Wildman–Crippen MR) is 83.3 cm³/mol. The lowest BCUT2D eigenvalue weighted by Gasteiger charge is -2.06. The summed E-state index contributed by atoms with van der Waals surface area (Å²) in [5, 5.41) is 4.50. The van der Waals surface area contributed by atoms with Crippen LogP contribution in [0.15, 0.2) is 12.7 Å². The van der Waals surface area contributed by atoms with E-state index < -0.39 is 10.4 Å². The Hall–Kier alpha value is -1.00. The third-order valence-corrected chi connectivity index (χ3v) is 1.61. The van der Waals surface area contributed by atoms with Gasteiger partial charge in [-0.05, 0) is 34.6 Å². The van der Waals surface area contributed by atoms with Crippen LogP contribution < -0.4 is 10.6 Å². The fourth-order valence-corrected chi connectivity index (χ4v) is 0.779. The van der Waals surface area contributed by atoms with Crippen LogP contribution in [0.25, 0.3) is 0 Å². The molecule has 0 aliphatic heterocycles. The standard InChI is InChI=1S/C5H8O2.2C4H11N.H2O4S/c1-3-5(6)7-4-2;2*1-3-5-4-2;1-5(2,3)4/h3H,1,4H2,2H3;2*5H,3-4H2,1-2H3;(H2,1,2,3,4). The molecule has 0 radical (unpaired) electrons. The van der Waals surface area contributed by atoms with Crippen LogP contribution in [-0.4, -0.2) is 56.3 Å². The molecule has 0 saturated heterocycles. The summed E-state index contributed by atoms with van der Waals surface area (Å²) in [6.45, 7) is 18.9. The van der Waals surface area contributed by atoms with Gasteiger partial charge in [-0.2, -0.15) is 0 Å². The van der Waals surface area contributed by atoms with Gasteiger partial charge in [0.05, 0.1) is 32.8 Å². The van der Waals surface area contributed by atoms with E-state index in [0.717, 1.165) is 6.08 Å². The first-order chi connectivity index (χ1) is 10.1. The molecule has 0 spiro atoms. The van der Waals surface area contributed by atoms with E-state index in [2.05, 4.69) is 49.6 Å². The summed E-state index contributed by atoms with van der Waals surface area (Å²) in [6, 6.07) is 0. The van der Waals surface area contributed by atoms with E-state index in [4.69, 9.17) is 17.5 Å². The maximum absolute atomic E-state index is 10.1. The maximum atomic E-state index is 10.1. The second kappa shape index (κ2) is 25.0. The molecule has 8 nitrogen and oxygen atoms in total. The molecule has 0 unspecified atom stereocenters. The fraction of sp³-hybridized carbons (Fsp3) is 0.769. The van der Waals surface area contributed by atoms with Crippen LogP contribution in [0.3, 0.4) is 0 Å². The zero-order valence-electron chi connectivity index (χ0n) is 14.3. The Kier molecular flexibility index (Phi) is 33.0. The summed E-state index contributed by atoms with van der Waals surface area (Å²) in [5.41, 5.74) is 0. The molecule has 0 heterocycles. The highest BCUT2D eigenvalue weighted by Crippen LogP contribution is 1.74. The van der Waals surface area contributed by atoms with E-state index in [9.17, 15) is 4.79 Å². The van der Waals surface area contributed by atoms with Gasteiger partial charge in [0, 0.05) is 16.5 Å². The van der Waals surface area contributed by atoms with Crippen molar-refractivity contribution < 1.29 is 37.7 Å². The number of esters is 1. The molecule has 0 aromatic heterocycles. The summed E-state index contributed by atoms with van der Waals surface area (Å²) in [5.74, 6) is -0.359. The van der Waals surface area contributed by atoms with Gasteiger partial charge in [-0.1, -0.05) is 6.58 Å². The van der Waals surface area contributed by atoms with Crippen LogP contribution in [0.5, 0.6) is 0 Å². The summed E-state index contributed by atoms with van der Waals surface area (Å²) in [6.07, 6.45) is 1.14. The van der Waals surface area contributed by atoms with Gasteiger partial charge in [-0.15, -0.1) is 0 Å². The Balaban J connectivity index is -0.0000000995. The van der Waals surface area contributed by atoms with Crippen LogP contribution in [0, 0.1) is 0 Å². The number of quaternary nitrogens is 2. The Morgan fingerprint density at radius 1 is 1.00 bits per heavy atom. The number of rotatable bonds is 6. The van der Waals surface area contributed by atoms with E-state index >= 15 is 0 Å². The van der Waals surface area contributed by atoms with Gasteiger partial charge in [0.2, 0.25) is 0 Å². The molecule has 136 valence electrons. The van der Waals surface area contributed by atoms with Crippen LogP contribution in [-0.2, 0) is 19.9 Å². The van der Waals surface area contributed by atoms with Crippen LogP contribution >= 0.6 is 0 Å². The Morgan fingerprint density at radius 3 is 1.32 bits per heavy atom. The maximum Gasteiger partial charge on any atom is 0.330 e. The smallest absolute Gasteiger partial charge is 0.330 e. The number of carbonyl (C=O) groups excluding carboxylic acids is 1. The van der Waals surface area contributed by atoms with E-state index in [1.54, 1.807) is 6.92 Å². The highest BCUT2D eigenvalue weighted by molar-refractivity contribution is 7.79. The topological polar surface area (TPSA) is 140 Å². The molecule has 9 heteroatoms. The van der Waals surface area contributed by atoms with Gasteiger partial charge in [-0.3, -0.25) is 8.42 Å². The average molecular weight is 344 g/mol. The number of carbonyl (C=O) groups is 1. The molecule has 0 rings (SSSR count). The third-order valence-electron chi connectivity index (χ3n) is 1.61. The number of ether oxygens (including phenoxy) is 1. The number of nitrogens with two attached hydrogens (primary N) is 2. The minimum Gasteiger partial charge on any atom is -0.759 e. The monoisotopic (exact) mass is 344 g/mol. The van der Waals surface area contributed by atoms with Gasteiger partial charge < -0.3 is 24.5 Å². The second-order valence-corrected chi connectivity index (χ2v) is 4.39. The molecule has 0 aliphatic carbocycles. The van der Waals surface area contributed by atoms with E-state index in [0.29, 0.717) is 6.61 Å². The van der Waals surface area contributed by atoms with Gasteiger partial charge in [0.15, 0.2) is 0 Å². The van der Waals surface area contributed by atoms with Gasteiger partial charge in [0.25, 0.3) is 0 Å². The summed E-state index contributed by atoms with van der Waals surface area (Å²) in [7, 11) is -5.17. The lowest BCUT2D eigenvalue weighted by Crippen LogP contribution is -2.82. The van der Waals surface area contributed by atoms with Crippen LogP contribution in [0.4, 0.5) is 0 Å². The lowest BCUT2D eigenvalue weighted by atomic mass is 10.6. The van der Waals surface area contributed by atoms with Crippen molar-refractivity contribution >= 4 is 16.4 Å². The summed E-state index contributed by atoms with van der Waals surface area (Å²) < 4.78 is 38.5. The molecule has 0 fully saturated rings. The Morgan fingerprint density at radius 2 is 1.27 bits per heavy atom. The van der Waals surface area contributed by atoms with Gasteiger partial charge in [-0.25, -0.2) is 4.79 Å². The number of hydrogen-bond donors (Lipinski definition) is 2. The second-order valence-electron chi connectivity index (χ2n) is 3.57. The van der Waals surface area contributed by atoms with Crippen molar-refractivity contribution in [2.45, 2.75) is 34.6 Å². The Labute approximate surface area is 134 Å². The largest absolute Gasteiger partial charge is 0.759 e. The molecule has 4 N–H and O–H groups in total. The molecule has 22 heavy (non-hydrogen) atoms. The van der Waals surface area contributed by atoms with Crippen molar-refractivity contribution in [3.05, 3.63) is 12.7 Å². The highest BCUT2D eigenvalue weighted by Gasteiger charge is 1.86. The molecular formula is C13H32N2O6S. The summed E-state index contributed by atoms with van der Waals surface area (Å²) >= 11 is 0. The molecular weight excluding hydrogens is 312 g/mol. The summed E-state index contributed by atoms with van der Waals surface area (Å²) in [4.78, 5) is 10.1. The predicted octanol–water partition coefficient (Wildman–Crippen LogP) is -1.42. The van der Waals surface area contributed by atoms with Gasteiger partial charge in [0.1, 0.15) is 0 Å². The average Bonchev–Trinajstić information content (AvgIpc) is 2.40. The van der Waals surface area contributed by atoms with Crippen LogP contribution in [0.2, 0.25) is 0 Å². The first-order valence-electron chi connectivity index (χ1n) is 7.23. The highest BCUT2D eigenvalue weighted by atomic mass is 32.3. The zero-order valence-corrected chi connectivity index (χ0v) is 15.1. The quantitative estimate of drug-likeness (QED) is 0.262. The van der Waals surface area contributed by atoms with Crippen molar-refractivity contribution in [3.63, 3.8) is 0 Å². The molecule has 0 aliphatic rings. The van der Waals surface area contributed by atoms with Crippen molar-refractivity contribution in [2.24, 2.45) is 0 Å². The molecule has 0 saturated carbocycles. The molecule has 0 bridgehead atoms. The molecule has 0 aromatic rings. The van der Waals surface area contributed by atoms with E-state index in [1.807, 2.05) is 0 Å². The molecule has 0 atom stereocenters. The van der Waals surface area contributed by atoms with E-state index in [1.165, 1.54) is 26.2 Å². The van der Waals surface area contributed by atoms with E-state index in [-0.39, 0.29) is 5.97 Å². The number of hydrogen-bond acceptors (Lipinski definition) is 6. The van der Waals surface area contributed by atoms with Crippen molar-refractivity contribution in [1.29, 1.82) is 0 Å². The van der Waals surface area contributed by atoms with Crippen molar-refractivity contribution in [2.75, 3.05) is 32.8 Å². The SMILES string of the molecule is C=CC(=O)OCC.CC[NH2+]CC.CC[NH2+]CC.O=S(=O)([O-])[O-]. The Bertz CT molecular complexity index is 302. The fourth-order valence-electron chi connectivity index (χ4n) is 0.779. The van der Waals surface area contributed by atoms with Crippen molar-refractivity contribution in [1.82, 2.24) is 0 Å². The molecule has 0 aromatic carbocycles. The van der Waals surface area contributed by atoms with Crippen LogP contribution in [0.1, 0.15) is 34.6 Å².